The van der Waals surface area contributed by atoms with Crippen LogP contribution in [0.15, 0.2) is 48.8 Å². The molecule has 0 atom stereocenters. The van der Waals surface area contributed by atoms with Crippen LogP contribution in [-0.4, -0.2) is 43.2 Å². The van der Waals surface area contributed by atoms with Gasteiger partial charge in [0, 0.05) is 54.3 Å². The summed E-state index contributed by atoms with van der Waals surface area (Å²) in [5.74, 6) is -3.77. The fourth-order valence-electron chi connectivity index (χ4n) is 3.45. The van der Waals surface area contributed by atoms with E-state index in [9.17, 15) is 18.0 Å². The predicted molar refractivity (Wildman–Crippen MR) is 128 cm³/mol. The van der Waals surface area contributed by atoms with E-state index in [2.05, 4.69) is 15.3 Å². The first-order valence-corrected chi connectivity index (χ1v) is 10.8. The maximum Gasteiger partial charge on any atom is 0.261 e. The second-order valence-corrected chi connectivity index (χ2v) is 7.50. The number of ether oxygens (including phenoxy) is 4. The number of carbonyl (C=O) groups is 1. The van der Waals surface area contributed by atoms with Crippen LogP contribution >= 0.6 is 0 Å². The van der Waals surface area contributed by atoms with E-state index < -0.39 is 29.2 Å². The molecular weight excluding hydrogens is 493 g/mol. The van der Waals surface area contributed by atoms with Gasteiger partial charge in [-0.3, -0.25) is 9.78 Å². The van der Waals surface area contributed by atoms with Gasteiger partial charge in [-0.15, -0.1) is 0 Å². The van der Waals surface area contributed by atoms with Crippen molar-refractivity contribution < 1.29 is 36.9 Å². The van der Waals surface area contributed by atoms with Crippen LogP contribution in [0.4, 0.5) is 18.9 Å². The molecule has 0 radical (unpaired) electrons. The van der Waals surface area contributed by atoms with Crippen molar-refractivity contribution in [2.24, 2.45) is 5.73 Å². The third kappa shape index (κ3) is 5.48. The van der Waals surface area contributed by atoms with Crippen molar-refractivity contribution >= 4 is 22.5 Å². The molecule has 2 aromatic heterocycles. The van der Waals surface area contributed by atoms with Gasteiger partial charge in [-0.1, -0.05) is 0 Å². The third-order valence-corrected chi connectivity index (χ3v) is 5.13. The number of nitrogens with zero attached hydrogens (tertiary/aromatic N) is 2. The van der Waals surface area contributed by atoms with Crippen LogP contribution in [0.3, 0.4) is 0 Å². The highest BCUT2D eigenvalue weighted by Gasteiger charge is 2.20. The molecule has 0 aliphatic carbocycles. The van der Waals surface area contributed by atoms with Crippen molar-refractivity contribution in [1.29, 1.82) is 0 Å². The molecule has 0 bridgehead atoms. The number of fused-ring (bicyclic) bond motifs is 1. The molecule has 12 heteroatoms. The van der Waals surface area contributed by atoms with Gasteiger partial charge in [0.05, 0.1) is 19.7 Å². The predicted octanol–water partition coefficient (Wildman–Crippen LogP) is 4.45. The van der Waals surface area contributed by atoms with E-state index in [1.807, 2.05) is 0 Å². The highest BCUT2D eigenvalue weighted by atomic mass is 19.1. The first kappa shape index (κ1) is 25.5. The Morgan fingerprint density at radius 3 is 2.35 bits per heavy atom. The number of hydrogen-bond donors (Lipinski definition) is 2. The van der Waals surface area contributed by atoms with Crippen molar-refractivity contribution in [2.75, 3.05) is 32.7 Å². The van der Waals surface area contributed by atoms with Gasteiger partial charge in [0.1, 0.15) is 23.7 Å². The van der Waals surface area contributed by atoms with E-state index in [1.165, 1.54) is 26.5 Å². The van der Waals surface area contributed by atoms with Gasteiger partial charge in [0.15, 0.2) is 28.9 Å². The molecule has 0 spiro atoms. The Morgan fingerprint density at radius 1 is 0.946 bits per heavy atom. The zero-order chi connectivity index (χ0) is 26.5. The molecule has 4 aromatic rings. The number of nitrogens with two attached hydrogens (primary N) is 1. The second kappa shape index (κ2) is 11.0. The molecule has 0 saturated carbocycles. The van der Waals surface area contributed by atoms with Crippen LogP contribution < -0.4 is 30.0 Å². The maximum absolute atomic E-state index is 14.9. The molecule has 0 unspecified atom stereocenters. The molecule has 1 amide bonds. The third-order valence-electron chi connectivity index (χ3n) is 5.13. The number of hydrogen-bond acceptors (Lipinski definition) is 8. The number of amides is 1. The van der Waals surface area contributed by atoms with E-state index in [0.29, 0.717) is 28.9 Å². The summed E-state index contributed by atoms with van der Waals surface area (Å²) < 4.78 is 64.6. The minimum absolute atomic E-state index is 0.0949. The molecule has 192 valence electrons. The van der Waals surface area contributed by atoms with Crippen LogP contribution in [0.2, 0.25) is 0 Å². The fraction of sp³-hybridized carbons (Fsp3) is 0.160. The Morgan fingerprint density at radius 2 is 1.68 bits per heavy atom. The zero-order valence-electron chi connectivity index (χ0n) is 19.7. The molecule has 37 heavy (non-hydrogen) atoms. The normalized spacial score (nSPS) is 10.8. The Balaban J connectivity index is 1.62. The smallest absolute Gasteiger partial charge is 0.261 e. The zero-order valence-corrected chi connectivity index (χ0v) is 19.7. The number of anilines is 1. The Kier molecular flexibility index (Phi) is 7.58. The van der Waals surface area contributed by atoms with Crippen molar-refractivity contribution in [1.82, 2.24) is 9.97 Å². The van der Waals surface area contributed by atoms with E-state index in [4.69, 9.17) is 24.7 Å². The van der Waals surface area contributed by atoms with E-state index in [1.54, 1.807) is 12.1 Å². The Labute approximate surface area is 208 Å². The maximum atomic E-state index is 14.9. The van der Waals surface area contributed by atoms with Crippen LogP contribution in [0.1, 0.15) is 10.4 Å². The average Bonchev–Trinajstić information content (AvgIpc) is 2.88. The first-order chi connectivity index (χ1) is 17.8. The van der Waals surface area contributed by atoms with Gasteiger partial charge in [-0.25, -0.2) is 13.8 Å². The van der Waals surface area contributed by atoms with Crippen molar-refractivity contribution in [2.45, 2.75) is 0 Å². The molecule has 0 aliphatic rings. The number of carbonyl (C=O) groups excluding carboxylic acids is 1. The highest BCUT2D eigenvalue weighted by molar-refractivity contribution is 6.06. The van der Waals surface area contributed by atoms with Gasteiger partial charge < -0.3 is 30.0 Å². The summed E-state index contributed by atoms with van der Waals surface area (Å²) in [4.78, 5) is 20.2. The summed E-state index contributed by atoms with van der Waals surface area (Å²) in [6.07, 6.45) is 2.36. The number of nitrogens with one attached hydrogen (secondary N) is 1. The monoisotopic (exact) mass is 514 g/mol. The number of halogens is 3. The van der Waals surface area contributed by atoms with E-state index in [0.717, 1.165) is 24.4 Å². The molecule has 0 saturated heterocycles. The average molecular weight is 514 g/mol. The molecule has 2 heterocycles. The fourth-order valence-corrected chi connectivity index (χ4v) is 3.45. The molecular formula is C25H21F3N4O5. The summed E-state index contributed by atoms with van der Waals surface area (Å²) in [6, 6.07) is 7.27. The standard InChI is InChI=1S/C25H21F3N4O5/c1-34-20-11-23(28)31-12-15(20)25(33)32-13-7-16(26)24(17(27)8-13)37-19-3-5-30-18-10-22(36-6-4-29)21(35-2)9-14(18)19/h3,5,7-12H,4,6,29H2,1-2H3,(H,32,33). The number of methoxy groups -OCH3 is 2. The van der Waals surface area contributed by atoms with E-state index >= 15 is 0 Å². The molecule has 3 N–H and O–H groups in total. The quantitative estimate of drug-likeness (QED) is 0.315. The van der Waals surface area contributed by atoms with Gasteiger partial charge in [-0.2, -0.15) is 4.39 Å². The Bertz CT molecular complexity index is 1450. The van der Waals surface area contributed by atoms with Crippen LogP contribution in [-0.2, 0) is 0 Å². The number of aromatic nitrogens is 2. The summed E-state index contributed by atoms with van der Waals surface area (Å²) in [5, 5.41) is 2.74. The topological polar surface area (TPSA) is 118 Å². The van der Waals surface area contributed by atoms with Gasteiger partial charge >= 0.3 is 0 Å². The summed E-state index contributed by atoms with van der Waals surface area (Å²) in [6.45, 7) is 0.545. The Hall–Kier alpha value is -4.58. The van der Waals surface area contributed by atoms with Crippen LogP contribution in [0.25, 0.3) is 10.9 Å². The molecule has 9 nitrogen and oxygen atoms in total. The van der Waals surface area contributed by atoms with Gasteiger partial charge in [0.2, 0.25) is 5.95 Å². The van der Waals surface area contributed by atoms with Gasteiger partial charge in [0.25, 0.3) is 5.91 Å². The SMILES string of the molecule is COc1cc2c(Oc3c(F)cc(NC(=O)c4cnc(F)cc4OC)cc3F)ccnc2cc1OCCN. The number of benzene rings is 2. The molecule has 0 aliphatic heterocycles. The molecule has 4 rings (SSSR count). The minimum atomic E-state index is -1.08. The lowest BCUT2D eigenvalue weighted by Gasteiger charge is -2.15. The van der Waals surface area contributed by atoms with Crippen LogP contribution in [0, 0.1) is 17.6 Å². The van der Waals surface area contributed by atoms with Crippen molar-refractivity contribution in [3.8, 4) is 28.7 Å². The molecule has 0 fully saturated rings. The van der Waals surface area contributed by atoms with Crippen LogP contribution in [0.5, 0.6) is 28.7 Å². The van der Waals surface area contributed by atoms with Crippen molar-refractivity contribution in [3.63, 3.8) is 0 Å². The second-order valence-electron chi connectivity index (χ2n) is 7.50. The molecule has 2 aromatic carbocycles. The first-order valence-electron chi connectivity index (χ1n) is 10.8. The lowest BCUT2D eigenvalue weighted by atomic mass is 10.1. The van der Waals surface area contributed by atoms with Gasteiger partial charge in [-0.05, 0) is 12.1 Å². The lowest BCUT2D eigenvalue weighted by Crippen LogP contribution is -2.14. The summed E-state index contributed by atoms with van der Waals surface area (Å²) in [5.41, 5.74) is 5.58. The minimum Gasteiger partial charge on any atom is -0.496 e. The van der Waals surface area contributed by atoms with E-state index in [-0.39, 0.29) is 29.4 Å². The summed E-state index contributed by atoms with van der Waals surface area (Å²) >= 11 is 0. The lowest BCUT2D eigenvalue weighted by molar-refractivity contribution is 0.102. The van der Waals surface area contributed by atoms with Crippen molar-refractivity contribution in [3.05, 3.63) is 71.9 Å². The largest absolute Gasteiger partial charge is 0.496 e. The highest BCUT2D eigenvalue weighted by Crippen LogP contribution is 2.38. The number of rotatable bonds is 9. The summed E-state index contributed by atoms with van der Waals surface area (Å²) in [7, 11) is 2.68. The number of pyridine rings is 2.